The molecule has 0 radical (unpaired) electrons. The number of aromatic nitrogens is 2. The van der Waals surface area contributed by atoms with E-state index in [0.717, 1.165) is 16.3 Å². The Morgan fingerprint density at radius 3 is 2.73 bits per heavy atom. The lowest BCUT2D eigenvalue weighted by atomic mass is 10.2. The standard InChI is InChI=1S/C11H12ClN3/c1-8-6-15(11(13)14-8)7-9-4-2-3-5-10(9)12/h2-6H,7H2,1H3,(H2,13,14). The third-order valence-corrected chi connectivity index (χ3v) is 2.60. The molecule has 78 valence electrons. The summed E-state index contributed by atoms with van der Waals surface area (Å²) >= 11 is 6.06. The van der Waals surface area contributed by atoms with E-state index in [1.54, 1.807) is 0 Å². The summed E-state index contributed by atoms with van der Waals surface area (Å²) in [7, 11) is 0. The van der Waals surface area contributed by atoms with Gasteiger partial charge in [-0.1, -0.05) is 29.8 Å². The number of hydrogen-bond acceptors (Lipinski definition) is 2. The zero-order chi connectivity index (χ0) is 10.8. The van der Waals surface area contributed by atoms with Crippen LogP contribution in [0.3, 0.4) is 0 Å². The van der Waals surface area contributed by atoms with Crippen molar-refractivity contribution in [2.45, 2.75) is 13.5 Å². The molecule has 1 aromatic carbocycles. The quantitative estimate of drug-likeness (QED) is 0.847. The van der Waals surface area contributed by atoms with Crippen LogP contribution in [0.2, 0.25) is 5.02 Å². The minimum Gasteiger partial charge on any atom is -0.369 e. The zero-order valence-corrected chi connectivity index (χ0v) is 9.20. The summed E-state index contributed by atoms with van der Waals surface area (Å²) in [4.78, 5) is 4.13. The second-order valence-electron chi connectivity index (χ2n) is 3.46. The molecule has 0 unspecified atom stereocenters. The molecule has 2 aromatic rings. The summed E-state index contributed by atoms with van der Waals surface area (Å²) in [5, 5.41) is 0.753. The minimum absolute atomic E-state index is 0.521. The lowest BCUT2D eigenvalue weighted by Gasteiger charge is -2.06. The maximum Gasteiger partial charge on any atom is 0.200 e. The van der Waals surface area contributed by atoms with Crippen molar-refractivity contribution >= 4 is 17.5 Å². The number of imidazole rings is 1. The molecule has 0 saturated carbocycles. The number of nitrogen functional groups attached to an aromatic ring is 1. The molecule has 2 rings (SSSR count). The van der Waals surface area contributed by atoms with Crippen molar-refractivity contribution in [1.29, 1.82) is 0 Å². The fourth-order valence-electron chi connectivity index (χ4n) is 1.50. The van der Waals surface area contributed by atoms with Crippen molar-refractivity contribution in [1.82, 2.24) is 9.55 Å². The Bertz CT molecular complexity index is 476. The highest BCUT2D eigenvalue weighted by Gasteiger charge is 2.04. The first kappa shape index (κ1) is 10.1. The van der Waals surface area contributed by atoms with Gasteiger partial charge in [0.25, 0.3) is 0 Å². The molecule has 4 heteroatoms. The van der Waals surface area contributed by atoms with Gasteiger partial charge in [0.2, 0.25) is 5.95 Å². The average molecular weight is 222 g/mol. The van der Waals surface area contributed by atoms with Crippen LogP contribution in [0.1, 0.15) is 11.3 Å². The summed E-state index contributed by atoms with van der Waals surface area (Å²) in [5.74, 6) is 0.521. The first-order valence-electron chi connectivity index (χ1n) is 4.69. The van der Waals surface area contributed by atoms with Crippen molar-refractivity contribution < 1.29 is 0 Å². The number of anilines is 1. The summed E-state index contributed by atoms with van der Waals surface area (Å²) in [6.45, 7) is 2.58. The lowest BCUT2D eigenvalue weighted by Crippen LogP contribution is -2.03. The maximum atomic E-state index is 6.06. The number of benzene rings is 1. The number of halogens is 1. The van der Waals surface area contributed by atoms with E-state index in [4.69, 9.17) is 17.3 Å². The van der Waals surface area contributed by atoms with Gasteiger partial charge in [-0.3, -0.25) is 0 Å². The first-order valence-corrected chi connectivity index (χ1v) is 5.07. The van der Waals surface area contributed by atoms with Crippen LogP contribution in [0.5, 0.6) is 0 Å². The van der Waals surface area contributed by atoms with Crippen molar-refractivity contribution in [2.24, 2.45) is 0 Å². The van der Waals surface area contributed by atoms with Gasteiger partial charge in [0.15, 0.2) is 0 Å². The van der Waals surface area contributed by atoms with Gasteiger partial charge in [-0.05, 0) is 18.6 Å². The Kier molecular flexibility index (Phi) is 2.64. The van der Waals surface area contributed by atoms with Crippen LogP contribution in [-0.4, -0.2) is 9.55 Å². The molecule has 0 aliphatic rings. The highest BCUT2D eigenvalue weighted by Crippen LogP contribution is 2.17. The smallest absolute Gasteiger partial charge is 0.200 e. The molecule has 0 atom stereocenters. The summed E-state index contributed by atoms with van der Waals surface area (Å²) in [5.41, 5.74) is 7.71. The largest absolute Gasteiger partial charge is 0.369 e. The van der Waals surface area contributed by atoms with Crippen LogP contribution in [-0.2, 0) is 6.54 Å². The van der Waals surface area contributed by atoms with Crippen LogP contribution in [0.4, 0.5) is 5.95 Å². The lowest BCUT2D eigenvalue weighted by molar-refractivity contribution is 0.810. The number of rotatable bonds is 2. The number of nitrogens with two attached hydrogens (primary N) is 1. The van der Waals surface area contributed by atoms with E-state index < -0.39 is 0 Å². The van der Waals surface area contributed by atoms with Crippen LogP contribution in [0.15, 0.2) is 30.5 Å². The van der Waals surface area contributed by atoms with Gasteiger partial charge in [-0.2, -0.15) is 0 Å². The third-order valence-electron chi connectivity index (χ3n) is 2.23. The van der Waals surface area contributed by atoms with Gasteiger partial charge >= 0.3 is 0 Å². The molecule has 0 fully saturated rings. The van der Waals surface area contributed by atoms with Crippen LogP contribution >= 0.6 is 11.6 Å². The molecular formula is C11H12ClN3. The fourth-order valence-corrected chi connectivity index (χ4v) is 1.70. The van der Waals surface area contributed by atoms with Crippen molar-refractivity contribution in [3.63, 3.8) is 0 Å². The van der Waals surface area contributed by atoms with Gasteiger partial charge in [-0.15, -0.1) is 0 Å². The van der Waals surface area contributed by atoms with E-state index in [2.05, 4.69) is 4.98 Å². The summed E-state index contributed by atoms with van der Waals surface area (Å²) < 4.78 is 1.89. The average Bonchev–Trinajstić information content (AvgIpc) is 2.49. The molecule has 1 heterocycles. The van der Waals surface area contributed by atoms with Gasteiger partial charge < -0.3 is 10.3 Å². The highest BCUT2D eigenvalue weighted by atomic mass is 35.5. The molecule has 0 saturated heterocycles. The van der Waals surface area contributed by atoms with Crippen molar-refractivity contribution in [3.8, 4) is 0 Å². The van der Waals surface area contributed by atoms with E-state index in [0.29, 0.717) is 12.5 Å². The van der Waals surface area contributed by atoms with Crippen molar-refractivity contribution in [2.75, 3.05) is 5.73 Å². The van der Waals surface area contributed by atoms with E-state index in [1.807, 2.05) is 42.0 Å². The summed E-state index contributed by atoms with van der Waals surface area (Å²) in [6.07, 6.45) is 1.92. The molecular weight excluding hydrogens is 210 g/mol. The van der Waals surface area contributed by atoms with Crippen LogP contribution in [0.25, 0.3) is 0 Å². The zero-order valence-electron chi connectivity index (χ0n) is 8.44. The minimum atomic E-state index is 0.521. The topological polar surface area (TPSA) is 43.8 Å². The summed E-state index contributed by atoms with van der Waals surface area (Å²) in [6, 6.07) is 7.73. The monoisotopic (exact) mass is 221 g/mol. The third kappa shape index (κ3) is 2.13. The van der Waals surface area contributed by atoms with E-state index in [1.165, 1.54) is 0 Å². The van der Waals surface area contributed by atoms with Crippen molar-refractivity contribution in [3.05, 3.63) is 46.7 Å². The van der Waals surface area contributed by atoms with Crippen LogP contribution in [0, 0.1) is 6.92 Å². The Hall–Kier alpha value is -1.48. The Morgan fingerprint density at radius 1 is 1.40 bits per heavy atom. The molecule has 0 amide bonds. The van der Waals surface area contributed by atoms with E-state index in [-0.39, 0.29) is 0 Å². The Labute approximate surface area is 93.5 Å². The maximum absolute atomic E-state index is 6.06. The molecule has 15 heavy (non-hydrogen) atoms. The molecule has 0 aliphatic heterocycles. The molecule has 2 N–H and O–H groups in total. The molecule has 1 aromatic heterocycles. The number of aryl methyl sites for hydroxylation is 1. The Balaban J connectivity index is 2.29. The predicted molar refractivity (Wildman–Crippen MR) is 61.9 cm³/mol. The molecule has 0 spiro atoms. The predicted octanol–water partition coefficient (Wildman–Crippen LogP) is 2.48. The van der Waals surface area contributed by atoms with Gasteiger partial charge in [0.05, 0.1) is 12.2 Å². The normalized spacial score (nSPS) is 10.5. The van der Waals surface area contributed by atoms with Crippen LogP contribution < -0.4 is 5.73 Å². The van der Waals surface area contributed by atoms with E-state index in [9.17, 15) is 0 Å². The molecule has 0 bridgehead atoms. The van der Waals surface area contributed by atoms with E-state index >= 15 is 0 Å². The SMILES string of the molecule is Cc1cn(Cc2ccccc2Cl)c(N)n1. The fraction of sp³-hybridized carbons (Fsp3) is 0.182. The second kappa shape index (κ2) is 3.95. The second-order valence-corrected chi connectivity index (χ2v) is 3.87. The Morgan fingerprint density at radius 2 is 2.13 bits per heavy atom. The first-order chi connectivity index (χ1) is 7.16. The van der Waals surface area contributed by atoms with Gasteiger partial charge in [0, 0.05) is 11.2 Å². The highest BCUT2D eigenvalue weighted by molar-refractivity contribution is 6.31. The molecule has 3 nitrogen and oxygen atoms in total. The number of hydrogen-bond donors (Lipinski definition) is 1. The van der Waals surface area contributed by atoms with Gasteiger partial charge in [0.1, 0.15) is 0 Å². The molecule has 0 aliphatic carbocycles. The number of nitrogens with zero attached hydrogens (tertiary/aromatic N) is 2. The van der Waals surface area contributed by atoms with Gasteiger partial charge in [-0.25, -0.2) is 4.98 Å².